The maximum atomic E-state index is 12.5. The van der Waals surface area contributed by atoms with Crippen molar-refractivity contribution in [3.05, 3.63) is 54.2 Å². The van der Waals surface area contributed by atoms with Crippen molar-refractivity contribution < 1.29 is 4.79 Å². The van der Waals surface area contributed by atoms with Crippen LogP contribution in [0.25, 0.3) is 0 Å². The summed E-state index contributed by atoms with van der Waals surface area (Å²) in [6.07, 6.45) is 2.67. The molecule has 5 nitrogen and oxygen atoms in total. The molecule has 0 saturated heterocycles. The molecule has 0 spiro atoms. The van der Waals surface area contributed by atoms with Gasteiger partial charge in [-0.1, -0.05) is 18.2 Å². The van der Waals surface area contributed by atoms with E-state index in [1.807, 2.05) is 42.5 Å². The molecule has 0 bridgehead atoms. The van der Waals surface area contributed by atoms with Crippen molar-refractivity contribution in [2.75, 3.05) is 44.4 Å². The van der Waals surface area contributed by atoms with Gasteiger partial charge in [0.25, 0.3) is 5.91 Å². The lowest BCUT2D eigenvalue weighted by Gasteiger charge is -2.17. The lowest BCUT2D eigenvalue weighted by atomic mass is 10.2. The highest BCUT2D eigenvalue weighted by atomic mass is 16.2. The van der Waals surface area contributed by atoms with Crippen molar-refractivity contribution in [1.82, 2.24) is 9.88 Å². The second-order valence-electron chi connectivity index (χ2n) is 5.72. The maximum absolute atomic E-state index is 12.5. The number of pyridine rings is 1. The average molecular weight is 312 g/mol. The Bertz CT molecular complexity index is 611. The second kappa shape index (κ2) is 8.29. The largest absolute Gasteiger partial charge is 0.370 e. The molecule has 0 radical (unpaired) electrons. The summed E-state index contributed by atoms with van der Waals surface area (Å²) in [7, 11) is 5.88. The molecule has 0 unspecified atom stereocenters. The predicted octanol–water partition coefficient (Wildman–Crippen LogP) is 2.72. The third kappa shape index (κ3) is 5.07. The smallest absolute Gasteiger partial charge is 0.259 e. The zero-order chi connectivity index (χ0) is 16.7. The molecule has 0 saturated carbocycles. The summed E-state index contributed by atoms with van der Waals surface area (Å²) in [5.41, 5.74) is 1.44. The molecule has 0 atom stereocenters. The number of benzene rings is 1. The first-order valence-electron chi connectivity index (χ1n) is 7.75. The van der Waals surface area contributed by atoms with Gasteiger partial charge in [-0.05, 0) is 51.3 Å². The van der Waals surface area contributed by atoms with E-state index < -0.39 is 0 Å². The normalized spacial score (nSPS) is 10.6. The fraction of sp³-hybridized carbons (Fsp3) is 0.333. The molecule has 0 aliphatic carbocycles. The summed E-state index contributed by atoms with van der Waals surface area (Å²) in [5, 5.41) is 3.26. The molecule has 23 heavy (non-hydrogen) atoms. The first-order chi connectivity index (χ1) is 11.1. The Hall–Kier alpha value is -2.40. The van der Waals surface area contributed by atoms with Gasteiger partial charge in [0.15, 0.2) is 0 Å². The van der Waals surface area contributed by atoms with Crippen molar-refractivity contribution in [3.8, 4) is 0 Å². The van der Waals surface area contributed by atoms with Crippen LogP contribution in [0.3, 0.4) is 0 Å². The predicted molar refractivity (Wildman–Crippen MR) is 95.1 cm³/mol. The monoisotopic (exact) mass is 312 g/mol. The first kappa shape index (κ1) is 17.0. The Morgan fingerprint density at radius 1 is 1.09 bits per heavy atom. The molecule has 1 N–H and O–H groups in total. The van der Waals surface area contributed by atoms with Crippen LogP contribution in [0.15, 0.2) is 48.7 Å². The van der Waals surface area contributed by atoms with Crippen molar-refractivity contribution >= 4 is 17.4 Å². The number of hydrogen-bond acceptors (Lipinski definition) is 4. The Morgan fingerprint density at radius 3 is 2.43 bits per heavy atom. The number of carbonyl (C=O) groups is 1. The summed E-state index contributed by atoms with van der Waals surface area (Å²) < 4.78 is 0. The number of nitrogens with one attached hydrogen (secondary N) is 1. The third-order valence-corrected chi connectivity index (χ3v) is 3.55. The number of para-hydroxylation sites is 1. The molecule has 1 aromatic heterocycles. The zero-order valence-electron chi connectivity index (χ0n) is 14.0. The highest BCUT2D eigenvalue weighted by molar-refractivity contribution is 6.05. The summed E-state index contributed by atoms with van der Waals surface area (Å²) in [5.74, 6) is 0.727. The van der Waals surface area contributed by atoms with Crippen LogP contribution in [-0.4, -0.2) is 50.0 Å². The van der Waals surface area contributed by atoms with Crippen LogP contribution in [-0.2, 0) is 0 Å². The number of aromatic nitrogens is 1. The Kier molecular flexibility index (Phi) is 6.11. The molecule has 1 amide bonds. The Labute approximate surface area is 137 Å². The average Bonchev–Trinajstić information content (AvgIpc) is 2.58. The second-order valence-corrected chi connectivity index (χ2v) is 5.72. The molecule has 1 aromatic carbocycles. The van der Waals surface area contributed by atoms with Crippen LogP contribution < -0.4 is 10.2 Å². The highest BCUT2D eigenvalue weighted by Crippen LogP contribution is 2.15. The molecule has 0 aliphatic heterocycles. The van der Waals surface area contributed by atoms with E-state index in [0.29, 0.717) is 5.56 Å². The summed E-state index contributed by atoms with van der Waals surface area (Å²) >= 11 is 0. The van der Waals surface area contributed by atoms with Crippen LogP contribution in [0.5, 0.6) is 0 Å². The highest BCUT2D eigenvalue weighted by Gasteiger charge is 2.13. The Balaban J connectivity index is 1.92. The molecule has 2 aromatic rings. The van der Waals surface area contributed by atoms with Gasteiger partial charge in [-0.2, -0.15) is 0 Å². The molecule has 122 valence electrons. The molecule has 1 heterocycles. The van der Waals surface area contributed by atoms with Crippen LogP contribution in [0.4, 0.5) is 11.5 Å². The van der Waals surface area contributed by atoms with E-state index in [0.717, 1.165) is 31.0 Å². The third-order valence-electron chi connectivity index (χ3n) is 3.55. The first-order valence-corrected chi connectivity index (χ1v) is 7.75. The molecular weight excluding hydrogens is 288 g/mol. The molecule has 5 heteroatoms. The van der Waals surface area contributed by atoms with E-state index in [-0.39, 0.29) is 5.91 Å². The molecule has 0 aliphatic rings. The number of anilines is 2. The van der Waals surface area contributed by atoms with Gasteiger partial charge in [0.05, 0.1) is 5.56 Å². The van der Waals surface area contributed by atoms with Gasteiger partial charge in [-0.15, -0.1) is 0 Å². The minimum Gasteiger partial charge on any atom is -0.370 e. The van der Waals surface area contributed by atoms with Gasteiger partial charge in [-0.25, -0.2) is 4.98 Å². The van der Waals surface area contributed by atoms with Crippen LogP contribution in [0, 0.1) is 0 Å². The van der Waals surface area contributed by atoms with Crippen molar-refractivity contribution in [2.45, 2.75) is 6.42 Å². The maximum Gasteiger partial charge on any atom is 0.259 e. The van der Waals surface area contributed by atoms with Gasteiger partial charge in [-0.3, -0.25) is 4.79 Å². The van der Waals surface area contributed by atoms with Crippen molar-refractivity contribution in [1.29, 1.82) is 0 Å². The SMILES string of the molecule is CN(C)CCCNc1ccc(C(=O)N(C)c2ccccc2)cn1. The lowest BCUT2D eigenvalue weighted by Crippen LogP contribution is -2.26. The van der Waals surface area contributed by atoms with E-state index in [1.165, 1.54) is 0 Å². The number of carbonyl (C=O) groups excluding carboxylic acids is 1. The number of nitrogens with zero attached hydrogens (tertiary/aromatic N) is 3. The molecule has 0 fully saturated rings. The van der Waals surface area contributed by atoms with Gasteiger partial charge in [0, 0.05) is 25.5 Å². The molecular formula is C18H24N4O. The summed E-state index contributed by atoms with van der Waals surface area (Å²) in [4.78, 5) is 20.5. The van der Waals surface area contributed by atoms with E-state index in [4.69, 9.17) is 0 Å². The lowest BCUT2D eigenvalue weighted by molar-refractivity contribution is 0.0992. The number of amides is 1. The molecule has 2 rings (SSSR count). The van der Waals surface area contributed by atoms with Gasteiger partial charge >= 0.3 is 0 Å². The van der Waals surface area contributed by atoms with Crippen LogP contribution in [0.2, 0.25) is 0 Å². The van der Waals surface area contributed by atoms with Gasteiger partial charge in [0.1, 0.15) is 5.82 Å². The topological polar surface area (TPSA) is 48.5 Å². The fourth-order valence-corrected chi connectivity index (χ4v) is 2.20. The van der Waals surface area contributed by atoms with Crippen molar-refractivity contribution in [2.24, 2.45) is 0 Å². The fourth-order valence-electron chi connectivity index (χ4n) is 2.20. The summed E-state index contributed by atoms with van der Waals surface area (Å²) in [6, 6.07) is 13.2. The number of rotatable bonds is 7. The van der Waals surface area contributed by atoms with E-state index in [2.05, 4.69) is 29.3 Å². The standard InChI is InChI=1S/C18H24N4O/c1-21(2)13-7-12-19-17-11-10-15(14-20-17)18(23)22(3)16-8-5-4-6-9-16/h4-6,8-11,14H,7,12-13H2,1-3H3,(H,19,20). The zero-order valence-corrected chi connectivity index (χ0v) is 14.0. The van der Waals surface area contributed by atoms with Crippen molar-refractivity contribution in [3.63, 3.8) is 0 Å². The van der Waals surface area contributed by atoms with E-state index in [1.54, 1.807) is 18.1 Å². The minimum absolute atomic E-state index is 0.0668. The quantitative estimate of drug-likeness (QED) is 0.799. The van der Waals surface area contributed by atoms with Crippen LogP contribution >= 0.6 is 0 Å². The van der Waals surface area contributed by atoms with Crippen LogP contribution in [0.1, 0.15) is 16.8 Å². The minimum atomic E-state index is -0.0668. The number of hydrogen-bond donors (Lipinski definition) is 1. The van der Waals surface area contributed by atoms with E-state index >= 15 is 0 Å². The summed E-state index contributed by atoms with van der Waals surface area (Å²) in [6.45, 7) is 1.90. The Morgan fingerprint density at radius 2 is 1.83 bits per heavy atom. The van der Waals surface area contributed by atoms with Gasteiger partial charge < -0.3 is 15.1 Å². The van der Waals surface area contributed by atoms with Gasteiger partial charge in [0.2, 0.25) is 0 Å². The van der Waals surface area contributed by atoms with E-state index in [9.17, 15) is 4.79 Å².